The van der Waals surface area contributed by atoms with Crippen molar-refractivity contribution in [2.75, 3.05) is 29.0 Å². The van der Waals surface area contributed by atoms with E-state index in [1.165, 1.54) is 27.0 Å². The van der Waals surface area contributed by atoms with E-state index in [9.17, 15) is 21.6 Å². The number of hydrogen-bond donors (Lipinski definition) is 1. The number of nitrogens with one attached hydrogen (secondary N) is 1. The van der Waals surface area contributed by atoms with Crippen molar-refractivity contribution in [3.05, 3.63) is 89.5 Å². The molecule has 1 aliphatic heterocycles. The quantitative estimate of drug-likeness (QED) is 0.477. The lowest BCUT2D eigenvalue weighted by Crippen LogP contribution is -2.29. The van der Waals surface area contributed by atoms with Crippen LogP contribution in [0.5, 0.6) is 0 Å². The zero-order chi connectivity index (χ0) is 25.9. The fourth-order valence-corrected chi connectivity index (χ4v) is 6.50. The molecule has 10 heteroatoms. The summed E-state index contributed by atoms with van der Waals surface area (Å²) in [6.07, 6.45) is 2.90. The second-order valence-electron chi connectivity index (χ2n) is 8.90. The van der Waals surface area contributed by atoms with Crippen LogP contribution in [0.15, 0.2) is 77.7 Å². The summed E-state index contributed by atoms with van der Waals surface area (Å²) >= 11 is 0. The largest absolute Gasteiger partial charge is 0.322 e. The minimum atomic E-state index is -3.51. The number of sulfonamides is 2. The van der Waals surface area contributed by atoms with Gasteiger partial charge >= 0.3 is 0 Å². The lowest BCUT2D eigenvalue weighted by Gasteiger charge is -2.23. The van der Waals surface area contributed by atoms with E-state index in [-0.39, 0.29) is 17.3 Å². The molecule has 4 rings (SSSR count). The first-order valence-corrected chi connectivity index (χ1v) is 14.9. The van der Waals surface area contributed by atoms with Crippen LogP contribution >= 0.6 is 0 Å². The molecule has 1 amide bonds. The highest BCUT2D eigenvalue weighted by Crippen LogP contribution is 2.24. The first kappa shape index (κ1) is 25.9. The van der Waals surface area contributed by atoms with Gasteiger partial charge < -0.3 is 5.32 Å². The van der Waals surface area contributed by atoms with Crippen molar-refractivity contribution in [3.8, 4) is 0 Å². The predicted octanol–water partition coefficient (Wildman–Crippen LogP) is 4.00. The standard InChI is InChI=1S/C26H29N3O5S2/c1-20-6-5-7-24(18-20)29(35(2,31)32)19-21-8-10-22(11-9-21)26(30)27-23-12-14-25(15-13-23)36(33,34)28-16-3-4-17-28/h5-15,18H,3-4,16-17,19H2,1-2H3,(H,27,30). The molecule has 1 saturated heterocycles. The Bertz CT molecular complexity index is 1450. The monoisotopic (exact) mass is 527 g/mol. The van der Waals surface area contributed by atoms with Crippen LogP contribution in [0.2, 0.25) is 0 Å². The molecule has 1 fully saturated rings. The predicted molar refractivity (Wildman–Crippen MR) is 141 cm³/mol. The summed E-state index contributed by atoms with van der Waals surface area (Å²) in [4.78, 5) is 12.9. The van der Waals surface area contributed by atoms with Gasteiger partial charge in [0.25, 0.3) is 5.91 Å². The summed E-state index contributed by atoms with van der Waals surface area (Å²) in [6.45, 7) is 3.10. The minimum absolute atomic E-state index is 0.136. The molecule has 0 spiro atoms. The molecular formula is C26H29N3O5S2. The average molecular weight is 528 g/mol. The minimum Gasteiger partial charge on any atom is -0.322 e. The van der Waals surface area contributed by atoms with Crippen molar-refractivity contribution in [3.63, 3.8) is 0 Å². The molecule has 1 heterocycles. The molecule has 190 valence electrons. The van der Waals surface area contributed by atoms with Gasteiger partial charge in [-0.25, -0.2) is 16.8 Å². The third kappa shape index (κ3) is 5.95. The Morgan fingerprint density at radius 1 is 0.917 bits per heavy atom. The van der Waals surface area contributed by atoms with Crippen molar-refractivity contribution < 1.29 is 21.6 Å². The number of amides is 1. The number of aryl methyl sites for hydroxylation is 1. The molecule has 1 N–H and O–H groups in total. The Labute approximate surface area is 212 Å². The van der Waals surface area contributed by atoms with Crippen LogP contribution in [0.4, 0.5) is 11.4 Å². The molecule has 0 unspecified atom stereocenters. The van der Waals surface area contributed by atoms with E-state index < -0.39 is 20.0 Å². The SMILES string of the molecule is Cc1cccc(N(Cc2ccc(C(=O)Nc3ccc(S(=O)(=O)N4CCCC4)cc3)cc2)S(C)(=O)=O)c1. The highest BCUT2D eigenvalue weighted by atomic mass is 32.2. The molecule has 0 bridgehead atoms. The maximum atomic E-state index is 12.7. The van der Waals surface area contributed by atoms with Crippen molar-refractivity contribution in [1.29, 1.82) is 0 Å². The van der Waals surface area contributed by atoms with Crippen molar-refractivity contribution in [2.45, 2.75) is 31.2 Å². The summed E-state index contributed by atoms with van der Waals surface area (Å²) in [7, 11) is -7.02. The molecule has 8 nitrogen and oxygen atoms in total. The number of carbonyl (C=O) groups is 1. The number of anilines is 2. The first-order valence-electron chi connectivity index (χ1n) is 11.6. The Morgan fingerprint density at radius 3 is 2.14 bits per heavy atom. The number of carbonyl (C=O) groups excluding carboxylic acids is 1. The Hall–Kier alpha value is -3.21. The van der Waals surface area contributed by atoms with Crippen LogP contribution in [-0.2, 0) is 26.6 Å². The van der Waals surface area contributed by atoms with Crippen LogP contribution in [0.1, 0.15) is 34.3 Å². The van der Waals surface area contributed by atoms with Gasteiger partial charge in [-0.3, -0.25) is 9.10 Å². The first-order chi connectivity index (χ1) is 17.0. The normalized spacial score (nSPS) is 14.5. The maximum absolute atomic E-state index is 12.7. The summed E-state index contributed by atoms with van der Waals surface area (Å²) in [5.41, 5.74) is 3.14. The summed E-state index contributed by atoms with van der Waals surface area (Å²) < 4.78 is 52.9. The average Bonchev–Trinajstić information content (AvgIpc) is 3.39. The van der Waals surface area contributed by atoms with E-state index in [4.69, 9.17) is 0 Å². The number of benzene rings is 3. The fraction of sp³-hybridized carbons (Fsp3) is 0.269. The third-order valence-electron chi connectivity index (χ3n) is 6.05. The Balaban J connectivity index is 1.43. The highest BCUT2D eigenvalue weighted by Gasteiger charge is 2.27. The van der Waals surface area contributed by atoms with E-state index >= 15 is 0 Å². The van der Waals surface area contributed by atoms with Crippen molar-refractivity contribution >= 4 is 37.3 Å². The zero-order valence-corrected chi connectivity index (χ0v) is 21.8. The maximum Gasteiger partial charge on any atom is 0.255 e. The Kier molecular flexibility index (Phi) is 7.49. The lowest BCUT2D eigenvalue weighted by atomic mass is 10.1. The summed E-state index contributed by atoms with van der Waals surface area (Å²) in [6, 6.07) is 20.1. The second kappa shape index (κ2) is 10.4. The van der Waals surface area contributed by atoms with Crippen LogP contribution in [0.3, 0.4) is 0 Å². The molecule has 36 heavy (non-hydrogen) atoms. The molecule has 0 aromatic heterocycles. The topological polar surface area (TPSA) is 104 Å². The van der Waals surface area contributed by atoms with Gasteiger partial charge in [-0.15, -0.1) is 0 Å². The van der Waals surface area contributed by atoms with E-state index in [0.29, 0.717) is 30.0 Å². The lowest BCUT2D eigenvalue weighted by molar-refractivity contribution is 0.102. The molecule has 0 atom stereocenters. The van der Waals surface area contributed by atoms with E-state index in [2.05, 4.69) is 5.32 Å². The molecule has 3 aromatic carbocycles. The molecule has 0 radical (unpaired) electrons. The molecule has 3 aromatic rings. The van der Waals surface area contributed by atoms with Crippen LogP contribution in [0, 0.1) is 6.92 Å². The highest BCUT2D eigenvalue weighted by molar-refractivity contribution is 7.92. The summed E-state index contributed by atoms with van der Waals surface area (Å²) in [5, 5.41) is 2.77. The van der Waals surface area contributed by atoms with E-state index in [1.807, 2.05) is 25.1 Å². The third-order valence-corrected chi connectivity index (χ3v) is 9.10. The second-order valence-corrected chi connectivity index (χ2v) is 12.7. The van der Waals surface area contributed by atoms with Crippen molar-refractivity contribution in [2.24, 2.45) is 0 Å². The van der Waals surface area contributed by atoms with E-state index in [0.717, 1.165) is 24.0 Å². The fourth-order valence-electron chi connectivity index (χ4n) is 4.10. The number of nitrogens with zero attached hydrogens (tertiary/aromatic N) is 2. The van der Waals surface area contributed by atoms with Gasteiger partial charge in [0.05, 0.1) is 23.4 Å². The molecule has 0 saturated carbocycles. The van der Waals surface area contributed by atoms with Gasteiger partial charge in [-0.2, -0.15) is 4.31 Å². The van der Waals surface area contributed by atoms with E-state index in [1.54, 1.807) is 42.5 Å². The van der Waals surface area contributed by atoms with Gasteiger partial charge in [0.2, 0.25) is 20.0 Å². The van der Waals surface area contributed by atoms with Crippen molar-refractivity contribution in [1.82, 2.24) is 4.31 Å². The van der Waals surface area contributed by atoms with Crippen LogP contribution in [0.25, 0.3) is 0 Å². The number of rotatable bonds is 8. The number of hydrogen-bond acceptors (Lipinski definition) is 5. The van der Waals surface area contributed by atoms with Gasteiger partial charge in [-0.05, 0) is 79.4 Å². The zero-order valence-electron chi connectivity index (χ0n) is 20.2. The van der Waals surface area contributed by atoms with Gasteiger partial charge in [0, 0.05) is 24.3 Å². The molecule has 0 aliphatic carbocycles. The van der Waals surface area contributed by atoms with Gasteiger partial charge in [0.1, 0.15) is 0 Å². The van der Waals surface area contributed by atoms with Gasteiger partial charge in [-0.1, -0.05) is 24.3 Å². The smallest absolute Gasteiger partial charge is 0.255 e. The van der Waals surface area contributed by atoms with Gasteiger partial charge in [0.15, 0.2) is 0 Å². The molecular weight excluding hydrogens is 498 g/mol. The summed E-state index contributed by atoms with van der Waals surface area (Å²) in [5.74, 6) is -0.352. The Morgan fingerprint density at radius 2 is 1.56 bits per heavy atom. The van der Waals surface area contributed by atoms with Crippen LogP contribution < -0.4 is 9.62 Å². The van der Waals surface area contributed by atoms with Crippen LogP contribution in [-0.4, -0.2) is 46.4 Å². The molecule has 1 aliphatic rings.